The Balaban J connectivity index is 1.44. The predicted molar refractivity (Wildman–Crippen MR) is 144 cm³/mol. The molecule has 1 amide bonds. The lowest BCUT2D eigenvalue weighted by Crippen LogP contribution is -2.13. The van der Waals surface area contributed by atoms with Gasteiger partial charge in [-0.2, -0.15) is 0 Å². The maximum absolute atomic E-state index is 12.9. The molecule has 0 aliphatic carbocycles. The van der Waals surface area contributed by atoms with Crippen molar-refractivity contribution < 1.29 is 23.7 Å². The Morgan fingerprint density at radius 1 is 0.800 bits per heavy atom. The minimum atomic E-state index is -0.255. The fourth-order valence-corrected chi connectivity index (χ4v) is 4.12. The van der Waals surface area contributed by atoms with Crippen molar-refractivity contribution in [1.29, 1.82) is 0 Å². The zero-order chi connectivity index (χ0) is 24.6. The summed E-state index contributed by atoms with van der Waals surface area (Å²) in [6.07, 6.45) is 0. The van der Waals surface area contributed by atoms with Gasteiger partial charge in [-0.05, 0) is 76.7 Å². The highest BCUT2D eigenvalue weighted by Crippen LogP contribution is 2.35. The smallest absolute Gasteiger partial charge is 0.255 e. The van der Waals surface area contributed by atoms with E-state index >= 15 is 0 Å². The van der Waals surface area contributed by atoms with E-state index in [2.05, 4.69) is 27.9 Å². The van der Waals surface area contributed by atoms with Gasteiger partial charge in [0.25, 0.3) is 5.91 Å². The van der Waals surface area contributed by atoms with Gasteiger partial charge in [0.2, 0.25) is 0 Å². The molecule has 35 heavy (non-hydrogen) atoms. The molecule has 0 atom stereocenters. The predicted octanol–water partition coefficient (Wildman–Crippen LogP) is 6.93. The second-order valence-electron chi connectivity index (χ2n) is 7.50. The van der Waals surface area contributed by atoms with Crippen molar-refractivity contribution in [2.45, 2.75) is 6.61 Å². The van der Waals surface area contributed by atoms with Crippen LogP contribution < -0.4 is 24.3 Å². The minimum absolute atomic E-state index is 0.255. The number of ether oxygens (including phenoxy) is 4. The molecule has 4 rings (SSSR count). The van der Waals surface area contributed by atoms with Crippen molar-refractivity contribution in [3.8, 4) is 28.7 Å². The van der Waals surface area contributed by atoms with Crippen LogP contribution in [0.3, 0.4) is 0 Å². The van der Waals surface area contributed by atoms with Gasteiger partial charge in [0, 0.05) is 11.3 Å². The summed E-state index contributed by atoms with van der Waals surface area (Å²) in [5, 5.41) is 2.91. The van der Waals surface area contributed by atoms with E-state index in [1.165, 1.54) is 0 Å². The third kappa shape index (κ3) is 6.24. The molecule has 0 saturated carbocycles. The largest absolute Gasteiger partial charge is 0.493 e. The van der Waals surface area contributed by atoms with Gasteiger partial charge < -0.3 is 24.3 Å². The SMILES string of the molecule is COc1ccccc1Oc1ccc(NC(=O)c2cc(I)c(OCc3ccccc3)c(OC)c2)cc1. The summed E-state index contributed by atoms with van der Waals surface area (Å²) in [6.45, 7) is 0.405. The second-order valence-corrected chi connectivity index (χ2v) is 8.66. The Kier molecular flexibility index (Phi) is 8.10. The number of anilines is 1. The third-order valence-electron chi connectivity index (χ3n) is 5.13. The summed E-state index contributed by atoms with van der Waals surface area (Å²) < 4.78 is 23.5. The molecule has 1 N–H and O–H groups in total. The van der Waals surface area contributed by atoms with Crippen LogP contribution in [-0.4, -0.2) is 20.1 Å². The molecule has 0 aliphatic heterocycles. The van der Waals surface area contributed by atoms with Gasteiger partial charge in [0.05, 0.1) is 17.8 Å². The first-order valence-electron chi connectivity index (χ1n) is 10.8. The highest BCUT2D eigenvalue weighted by atomic mass is 127. The molecule has 4 aromatic rings. The molecule has 6 nitrogen and oxygen atoms in total. The molecule has 7 heteroatoms. The van der Waals surface area contributed by atoms with Gasteiger partial charge in [-0.25, -0.2) is 0 Å². The van der Waals surface area contributed by atoms with Gasteiger partial charge >= 0.3 is 0 Å². The zero-order valence-electron chi connectivity index (χ0n) is 19.3. The third-order valence-corrected chi connectivity index (χ3v) is 5.93. The number of rotatable bonds is 9. The Hall–Kier alpha value is -3.72. The second kappa shape index (κ2) is 11.6. The molecule has 0 aliphatic rings. The fourth-order valence-electron chi connectivity index (χ4n) is 3.36. The van der Waals surface area contributed by atoms with Crippen LogP contribution in [0.4, 0.5) is 5.69 Å². The van der Waals surface area contributed by atoms with Crippen LogP contribution in [0.15, 0.2) is 91.0 Å². The minimum Gasteiger partial charge on any atom is -0.493 e. The number of halogens is 1. The van der Waals surface area contributed by atoms with Crippen molar-refractivity contribution in [2.24, 2.45) is 0 Å². The zero-order valence-corrected chi connectivity index (χ0v) is 21.4. The topological polar surface area (TPSA) is 66.0 Å². The van der Waals surface area contributed by atoms with Crippen molar-refractivity contribution in [3.63, 3.8) is 0 Å². The van der Waals surface area contributed by atoms with Crippen LogP contribution >= 0.6 is 22.6 Å². The molecule has 0 aromatic heterocycles. The normalized spacial score (nSPS) is 10.4. The maximum Gasteiger partial charge on any atom is 0.255 e. The molecule has 0 fully saturated rings. The highest BCUT2D eigenvalue weighted by Gasteiger charge is 2.16. The number of nitrogens with one attached hydrogen (secondary N) is 1. The van der Waals surface area contributed by atoms with Crippen molar-refractivity contribution in [1.82, 2.24) is 0 Å². The van der Waals surface area contributed by atoms with Gasteiger partial charge in [0.15, 0.2) is 23.0 Å². The Labute approximate surface area is 217 Å². The molecule has 0 spiro atoms. The van der Waals surface area contributed by atoms with Crippen LogP contribution in [-0.2, 0) is 6.61 Å². The van der Waals surface area contributed by atoms with Crippen LogP contribution in [0.5, 0.6) is 28.7 Å². The van der Waals surface area contributed by atoms with E-state index in [4.69, 9.17) is 18.9 Å². The first kappa shape index (κ1) is 24.4. The first-order chi connectivity index (χ1) is 17.1. The van der Waals surface area contributed by atoms with Crippen molar-refractivity contribution in [2.75, 3.05) is 19.5 Å². The molecule has 178 valence electrons. The van der Waals surface area contributed by atoms with E-state index < -0.39 is 0 Å². The lowest BCUT2D eigenvalue weighted by molar-refractivity contribution is 0.102. The summed E-state index contributed by atoms with van der Waals surface area (Å²) in [5.74, 6) is 2.73. The van der Waals surface area contributed by atoms with E-state index in [9.17, 15) is 4.79 Å². The van der Waals surface area contributed by atoms with Crippen molar-refractivity contribution >= 4 is 34.2 Å². The summed E-state index contributed by atoms with van der Waals surface area (Å²) in [4.78, 5) is 12.9. The molecule has 0 heterocycles. The van der Waals surface area contributed by atoms with Gasteiger partial charge in [-0.3, -0.25) is 4.79 Å². The quantitative estimate of drug-likeness (QED) is 0.217. The highest BCUT2D eigenvalue weighted by molar-refractivity contribution is 14.1. The number of benzene rings is 4. The van der Waals surface area contributed by atoms with E-state index in [0.717, 1.165) is 9.13 Å². The van der Waals surface area contributed by atoms with Gasteiger partial charge in [-0.15, -0.1) is 0 Å². The molecular weight excluding hydrogens is 557 g/mol. The first-order valence-corrected chi connectivity index (χ1v) is 11.9. The fraction of sp³-hybridized carbons (Fsp3) is 0.107. The van der Waals surface area contributed by atoms with Crippen molar-refractivity contribution in [3.05, 3.63) is 106 Å². The number of carbonyl (C=O) groups excluding carboxylic acids is 1. The van der Waals surface area contributed by atoms with Crippen LogP contribution in [0.2, 0.25) is 0 Å². The number of para-hydroxylation sites is 2. The average Bonchev–Trinajstić information content (AvgIpc) is 2.89. The summed E-state index contributed by atoms with van der Waals surface area (Å²) in [7, 11) is 3.15. The van der Waals surface area contributed by atoms with Crippen LogP contribution in [0, 0.1) is 3.57 Å². The number of carbonyl (C=O) groups is 1. The Morgan fingerprint density at radius 2 is 1.46 bits per heavy atom. The molecule has 4 aromatic carbocycles. The number of hydrogen-bond donors (Lipinski definition) is 1. The molecule has 0 unspecified atom stereocenters. The number of amides is 1. The summed E-state index contributed by atoms with van der Waals surface area (Å²) >= 11 is 2.15. The lowest BCUT2D eigenvalue weighted by atomic mass is 10.1. The maximum atomic E-state index is 12.9. The number of methoxy groups -OCH3 is 2. The van der Waals surface area contributed by atoms with Crippen LogP contribution in [0.25, 0.3) is 0 Å². The molecule has 0 bridgehead atoms. The standard InChI is InChI=1S/C28H24INO5/c1-32-24-10-6-7-11-25(24)35-22-14-12-21(13-15-22)30-28(31)20-16-23(29)27(26(17-20)33-2)34-18-19-8-4-3-5-9-19/h3-17H,18H2,1-2H3,(H,30,31). The average molecular weight is 581 g/mol. The van der Waals surface area contributed by atoms with Gasteiger partial charge in [-0.1, -0.05) is 42.5 Å². The van der Waals surface area contributed by atoms with E-state index in [1.807, 2.05) is 54.6 Å². The van der Waals surface area contributed by atoms with Gasteiger partial charge in [0.1, 0.15) is 12.4 Å². The molecular formula is C28H24INO5. The van der Waals surface area contributed by atoms with E-state index in [1.54, 1.807) is 50.6 Å². The summed E-state index contributed by atoms with van der Waals surface area (Å²) in [5.41, 5.74) is 2.15. The van der Waals surface area contributed by atoms with E-state index in [-0.39, 0.29) is 5.91 Å². The van der Waals surface area contributed by atoms with E-state index in [0.29, 0.717) is 46.6 Å². The summed E-state index contributed by atoms with van der Waals surface area (Å²) in [6, 6.07) is 27.9. The Bertz CT molecular complexity index is 1290. The monoisotopic (exact) mass is 581 g/mol. The number of hydrogen-bond acceptors (Lipinski definition) is 5. The molecule has 0 saturated heterocycles. The van der Waals surface area contributed by atoms with Crippen LogP contribution in [0.1, 0.15) is 15.9 Å². The molecule has 0 radical (unpaired) electrons. The lowest BCUT2D eigenvalue weighted by Gasteiger charge is -2.15. The Morgan fingerprint density at radius 3 is 2.14 bits per heavy atom.